The standard InChI is InChI=1S/C14H23N3O3S/c1-10-7-8-12(21(19,20)16-3)9-13(10)17-14(18)6-4-5-11(2)15/h7-9,11,16H,4-6,15H2,1-3H3,(H,17,18). The van der Waals surface area contributed by atoms with Crippen LogP contribution in [-0.4, -0.2) is 27.4 Å². The largest absolute Gasteiger partial charge is 0.328 e. The van der Waals surface area contributed by atoms with E-state index in [1.165, 1.54) is 19.2 Å². The molecular weight excluding hydrogens is 290 g/mol. The van der Waals surface area contributed by atoms with Crippen LogP contribution in [0.5, 0.6) is 0 Å². The van der Waals surface area contributed by atoms with Crippen LogP contribution in [0.1, 0.15) is 31.7 Å². The molecule has 0 radical (unpaired) electrons. The molecule has 0 saturated carbocycles. The van der Waals surface area contributed by atoms with Gasteiger partial charge in [-0.15, -0.1) is 0 Å². The minimum Gasteiger partial charge on any atom is -0.328 e. The molecule has 4 N–H and O–H groups in total. The van der Waals surface area contributed by atoms with Crippen LogP contribution in [0.2, 0.25) is 0 Å². The zero-order valence-electron chi connectivity index (χ0n) is 12.6. The molecule has 1 amide bonds. The highest BCUT2D eigenvalue weighted by Gasteiger charge is 2.14. The van der Waals surface area contributed by atoms with Crippen molar-refractivity contribution >= 4 is 21.6 Å². The minimum atomic E-state index is -3.52. The number of hydrogen-bond acceptors (Lipinski definition) is 4. The highest BCUT2D eigenvalue weighted by atomic mass is 32.2. The molecular formula is C14H23N3O3S. The van der Waals surface area contributed by atoms with Crippen molar-refractivity contribution in [2.75, 3.05) is 12.4 Å². The summed E-state index contributed by atoms with van der Waals surface area (Å²) in [4.78, 5) is 12.0. The van der Waals surface area contributed by atoms with Gasteiger partial charge in [0.15, 0.2) is 0 Å². The van der Waals surface area contributed by atoms with Crippen molar-refractivity contribution in [1.82, 2.24) is 4.72 Å². The normalized spacial score (nSPS) is 13.0. The molecule has 0 bridgehead atoms. The second-order valence-corrected chi connectivity index (χ2v) is 6.99. The molecule has 0 aliphatic rings. The molecule has 0 saturated heterocycles. The van der Waals surface area contributed by atoms with Crippen LogP contribution >= 0.6 is 0 Å². The van der Waals surface area contributed by atoms with Gasteiger partial charge in [-0.25, -0.2) is 13.1 Å². The summed E-state index contributed by atoms with van der Waals surface area (Å²) in [6.07, 6.45) is 1.85. The predicted molar refractivity (Wildman–Crippen MR) is 83.6 cm³/mol. The maximum atomic E-state index is 11.9. The average molecular weight is 313 g/mol. The van der Waals surface area contributed by atoms with Crippen LogP contribution in [0.4, 0.5) is 5.69 Å². The van der Waals surface area contributed by atoms with Crippen molar-refractivity contribution in [3.8, 4) is 0 Å². The molecule has 1 aromatic rings. The van der Waals surface area contributed by atoms with E-state index in [4.69, 9.17) is 5.73 Å². The fourth-order valence-electron chi connectivity index (χ4n) is 1.82. The number of amides is 1. The van der Waals surface area contributed by atoms with Gasteiger partial charge in [-0.2, -0.15) is 0 Å². The number of anilines is 1. The number of nitrogens with one attached hydrogen (secondary N) is 2. The summed E-state index contributed by atoms with van der Waals surface area (Å²) < 4.78 is 25.8. The quantitative estimate of drug-likeness (QED) is 0.707. The maximum absolute atomic E-state index is 11.9. The van der Waals surface area contributed by atoms with E-state index in [0.717, 1.165) is 12.0 Å². The summed E-state index contributed by atoms with van der Waals surface area (Å²) in [6, 6.07) is 4.71. The Morgan fingerprint density at radius 3 is 2.62 bits per heavy atom. The lowest BCUT2D eigenvalue weighted by atomic mass is 10.1. The van der Waals surface area contributed by atoms with Crippen molar-refractivity contribution in [3.05, 3.63) is 23.8 Å². The third-order valence-electron chi connectivity index (χ3n) is 3.13. The van der Waals surface area contributed by atoms with Gasteiger partial charge in [0.25, 0.3) is 0 Å². The lowest BCUT2D eigenvalue weighted by Crippen LogP contribution is -2.20. The van der Waals surface area contributed by atoms with E-state index in [9.17, 15) is 13.2 Å². The molecule has 21 heavy (non-hydrogen) atoms. The molecule has 0 fully saturated rings. The van der Waals surface area contributed by atoms with E-state index in [2.05, 4.69) is 10.0 Å². The van der Waals surface area contributed by atoms with Crippen LogP contribution in [0, 0.1) is 6.92 Å². The number of carbonyl (C=O) groups excluding carboxylic acids is 1. The van der Waals surface area contributed by atoms with Gasteiger partial charge in [-0.3, -0.25) is 4.79 Å². The van der Waals surface area contributed by atoms with Crippen LogP contribution in [0.25, 0.3) is 0 Å². The maximum Gasteiger partial charge on any atom is 0.240 e. The van der Waals surface area contributed by atoms with Gasteiger partial charge in [-0.1, -0.05) is 6.07 Å². The second-order valence-electron chi connectivity index (χ2n) is 5.10. The zero-order chi connectivity index (χ0) is 16.0. The third-order valence-corrected chi connectivity index (χ3v) is 4.54. The number of rotatable bonds is 7. The molecule has 118 valence electrons. The first-order valence-corrected chi connectivity index (χ1v) is 8.34. The summed E-state index contributed by atoms with van der Waals surface area (Å²) in [5, 5.41) is 2.75. The summed E-state index contributed by atoms with van der Waals surface area (Å²) >= 11 is 0. The molecule has 0 aliphatic heterocycles. The zero-order valence-corrected chi connectivity index (χ0v) is 13.5. The number of benzene rings is 1. The Hall–Kier alpha value is -1.44. The Morgan fingerprint density at radius 1 is 1.38 bits per heavy atom. The molecule has 0 spiro atoms. The van der Waals surface area contributed by atoms with E-state index in [0.29, 0.717) is 18.5 Å². The van der Waals surface area contributed by atoms with Crippen molar-refractivity contribution < 1.29 is 13.2 Å². The van der Waals surface area contributed by atoms with Crippen molar-refractivity contribution in [2.24, 2.45) is 5.73 Å². The van der Waals surface area contributed by atoms with Crippen LogP contribution in [0.15, 0.2) is 23.1 Å². The Morgan fingerprint density at radius 2 is 2.05 bits per heavy atom. The Bertz CT molecular complexity index is 597. The highest BCUT2D eigenvalue weighted by molar-refractivity contribution is 7.89. The molecule has 1 atom stereocenters. The topological polar surface area (TPSA) is 101 Å². The lowest BCUT2D eigenvalue weighted by Gasteiger charge is -2.11. The molecule has 6 nitrogen and oxygen atoms in total. The molecule has 7 heteroatoms. The van der Waals surface area contributed by atoms with Gasteiger partial charge >= 0.3 is 0 Å². The second kappa shape index (κ2) is 7.53. The molecule has 0 aromatic heterocycles. The first-order valence-electron chi connectivity index (χ1n) is 6.86. The average Bonchev–Trinajstić information content (AvgIpc) is 2.40. The number of carbonyl (C=O) groups is 1. The van der Waals surface area contributed by atoms with E-state index >= 15 is 0 Å². The Labute approximate surface area is 126 Å². The van der Waals surface area contributed by atoms with Crippen molar-refractivity contribution in [2.45, 2.75) is 44.0 Å². The third kappa shape index (κ3) is 5.45. The van der Waals surface area contributed by atoms with E-state index in [1.54, 1.807) is 6.07 Å². The summed E-state index contributed by atoms with van der Waals surface area (Å²) in [5.41, 5.74) is 6.95. The smallest absolute Gasteiger partial charge is 0.240 e. The first kappa shape index (κ1) is 17.6. The highest BCUT2D eigenvalue weighted by Crippen LogP contribution is 2.20. The van der Waals surface area contributed by atoms with Gasteiger partial charge in [0.1, 0.15) is 0 Å². The first-order chi connectivity index (χ1) is 9.76. The van der Waals surface area contributed by atoms with Crippen LogP contribution < -0.4 is 15.8 Å². The fourth-order valence-corrected chi connectivity index (χ4v) is 2.57. The molecule has 0 heterocycles. The number of hydrogen-bond donors (Lipinski definition) is 3. The Kier molecular flexibility index (Phi) is 6.32. The summed E-state index contributed by atoms with van der Waals surface area (Å²) in [7, 11) is -2.17. The fraction of sp³-hybridized carbons (Fsp3) is 0.500. The number of nitrogens with two attached hydrogens (primary N) is 1. The van der Waals surface area contributed by atoms with E-state index < -0.39 is 10.0 Å². The van der Waals surface area contributed by atoms with Crippen molar-refractivity contribution in [1.29, 1.82) is 0 Å². The van der Waals surface area contributed by atoms with Gasteiger partial charge in [0.05, 0.1) is 4.90 Å². The molecule has 0 aliphatic carbocycles. The van der Waals surface area contributed by atoms with Gasteiger partial charge in [0, 0.05) is 18.2 Å². The SMILES string of the molecule is CNS(=O)(=O)c1ccc(C)c(NC(=O)CCCC(C)N)c1. The number of sulfonamides is 1. The van der Waals surface area contributed by atoms with Gasteiger partial charge in [-0.05, 0) is 51.4 Å². The summed E-state index contributed by atoms with van der Waals surface area (Å²) in [6.45, 7) is 3.71. The lowest BCUT2D eigenvalue weighted by molar-refractivity contribution is -0.116. The summed E-state index contributed by atoms with van der Waals surface area (Å²) in [5.74, 6) is -0.141. The van der Waals surface area contributed by atoms with Crippen LogP contribution in [-0.2, 0) is 14.8 Å². The molecule has 1 unspecified atom stereocenters. The van der Waals surface area contributed by atoms with Crippen LogP contribution in [0.3, 0.4) is 0 Å². The number of aryl methyl sites for hydroxylation is 1. The van der Waals surface area contributed by atoms with Gasteiger partial charge < -0.3 is 11.1 Å². The van der Waals surface area contributed by atoms with Crippen molar-refractivity contribution in [3.63, 3.8) is 0 Å². The monoisotopic (exact) mass is 313 g/mol. The van der Waals surface area contributed by atoms with Gasteiger partial charge in [0.2, 0.25) is 15.9 Å². The molecule has 1 rings (SSSR count). The van der Waals surface area contributed by atoms with E-state index in [-0.39, 0.29) is 16.8 Å². The molecule has 1 aromatic carbocycles. The Balaban J connectivity index is 2.79. The van der Waals surface area contributed by atoms with E-state index in [1.807, 2.05) is 13.8 Å². The predicted octanol–water partition coefficient (Wildman–Crippen LogP) is 1.36. The minimum absolute atomic E-state index is 0.0728.